The fraction of sp³-hybridized carbons (Fsp3) is 0.476. The van der Waals surface area contributed by atoms with E-state index >= 15 is 0 Å². The molecule has 0 spiro atoms. The van der Waals surface area contributed by atoms with Gasteiger partial charge in [-0.3, -0.25) is 14.3 Å². The normalized spacial score (nSPS) is 16.9. The number of hydrogen-bond donors (Lipinski definition) is 2. The minimum absolute atomic E-state index is 0.0475. The van der Waals surface area contributed by atoms with E-state index in [9.17, 15) is 26.7 Å². The van der Waals surface area contributed by atoms with Crippen molar-refractivity contribution in [2.24, 2.45) is 5.92 Å². The summed E-state index contributed by atoms with van der Waals surface area (Å²) >= 11 is 6.30. The zero-order chi connectivity index (χ0) is 24.0. The minimum Gasteiger partial charge on any atom is -0.346 e. The maximum absolute atomic E-state index is 13.7. The van der Waals surface area contributed by atoms with Gasteiger partial charge in [0.25, 0.3) is 5.91 Å². The van der Waals surface area contributed by atoms with Gasteiger partial charge in [0.1, 0.15) is 10.8 Å². The van der Waals surface area contributed by atoms with Crippen LogP contribution >= 0.6 is 11.6 Å². The first kappa shape index (κ1) is 23.5. The Labute approximate surface area is 190 Å². The smallest absolute Gasteiger partial charge is 0.346 e. The van der Waals surface area contributed by atoms with Gasteiger partial charge in [0.15, 0.2) is 5.69 Å². The fourth-order valence-electron chi connectivity index (χ4n) is 4.15. The number of carbonyl (C=O) groups excluding carboxylic acids is 1. The third-order valence-corrected chi connectivity index (χ3v) is 6.10. The Morgan fingerprint density at radius 3 is 2.58 bits per heavy atom. The van der Waals surface area contributed by atoms with E-state index in [0.717, 1.165) is 10.1 Å². The molecular weight excluding hydrogens is 469 g/mol. The van der Waals surface area contributed by atoms with Crippen LogP contribution in [-0.4, -0.2) is 31.4 Å². The third-order valence-electron chi connectivity index (χ3n) is 5.82. The number of aromatic nitrogens is 4. The number of amides is 1. The molecule has 0 atom stereocenters. The summed E-state index contributed by atoms with van der Waals surface area (Å²) < 4.78 is 69.3. The van der Waals surface area contributed by atoms with Crippen LogP contribution in [0.5, 0.6) is 0 Å². The Morgan fingerprint density at radius 2 is 1.97 bits per heavy atom. The van der Waals surface area contributed by atoms with Gasteiger partial charge in [-0.2, -0.15) is 18.3 Å². The topological polar surface area (TPSA) is 75.1 Å². The molecule has 12 heteroatoms. The summed E-state index contributed by atoms with van der Waals surface area (Å²) in [5, 5.41) is 9.23. The highest BCUT2D eigenvalue weighted by Gasteiger charge is 2.40. The second-order valence-electron chi connectivity index (χ2n) is 8.39. The lowest BCUT2D eigenvalue weighted by molar-refractivity contribution is -0.141. The molecule has 3 heterocycles. The number of imidazole rings is 1. The van der Waals surface area contributed by atoms with Crippen molar-refractivity contribution < 1.29 is 26.7 Å². The summed E-state index contributed by atoms with van der Waals surface area (Å²) in [5.41, 5.74) is 0.0215. The van der Waals surface area contributed by atoms with Gasteiger partial charge in [-0.25, -0.2) is 13.8 Å². The SMILES string of the molecule is Cc1cc(CNC(=O)c2cc(Cl)n3c(CC4CCC(F)(F)CC4)c(C(F)(F)F)nc3c2)[nH]n1. The van der Waals surface area contributed by atoms with Crippen molar-refractivity contribution in [1.82, 2.24) is 24.9 Å². The van der Waals surface area contributed by atoms with Crippen LogP contribution in [0.4, 0.5) is 22.0 Å². The van der Waals surface area contributed by atoms with Crippen LogP contribution in [0.2, 0.25) is 5.15 Å². The second-order valence-corrected chi connectivity index (χ2v) is 8.77. The lowest BCUT2D eigenvalue weighted by Crippen LogP contribution is -2.26. The van der Waals surface area contributed by atoms with Gasteiger partial charge < -0.3 is 5.32 Å². The number of fused-ring (bicyclic) bond motifs is 1. The highest BCUT2D eigenvalue weighted by Crippen LogP contribution is 2.40. The number of pyridine rings is 1. The van der Waals surface area contributed by atoms with E-state index in [1.54, 1.807) is 13.0 Å². The van der Waals surface area contributed by atoms with Crippen molar-refractivity contribution in [3.05, 3.63) is 51.7 Å². The summed E-state index contributed by atoms with van der Waals surface area (Å²) in [4.78, 5) is 16.3. The van der Waals surface area contributed by atoms with E-state index < -0.39 is 23.7 Å². The van der Waals surface area contributed by atoms with Crippen LogP contribution in [0, 0.1) is 12.8 Å². The Hall–Kier alpha value is -2.69. The molecule has 3 aromatic rings. The number of nitrogens with one attached hydrogen (secondary N) is 2. The molecule has 33 heavy (non-hydrogen) atoms. The monoisotopic (exact) mass is 489 g/mol. The lowest BCUT2D eigenvalue weighted by atomic mass is 9.83. The van der Waals surface area contributed by atoms with Crippen LogP contribution in [-0.2, 0) is 19.1 Å². The van der Waals surface area contributed by atoms with E-state index in [2.05, 4.69) is 20.5 Å². The summed E-state index contributed by atoms with van der Waals surface area (Å²) in [5.74, 6) is -3.67. The number of nitrogens with zero attached hydrogens (tertiary/aromatic N) is 3. The van der Waals surface area contributed by atoms with Crippen molar-refractivity contribution in [2.75, 3.05) is 0 Å². The van der Waals surface area contributed by atoms with Crippen LogP contribution in [0.15, 0.2) is 18.2 Å². The lowest BCUT2D eigenvalue weighted by Gasteiger charge is -2.28. The molecule has 1 fully saturated rings. The number of halogens is 6. The number of aromatic amines is 1. The van der Waals surface area contributed by atoms with E-state index in [0.29, 0.717) is 5.69 Å². The van der Waals surface area contributed by atoms with E-state index in [1.807, 2.05) is 0 Å². The largest absolute Gasteiger partial charge is 0.435 e. The van der Waals surface area contributed by atoms with Crippen LogP contribution < -0.4 is 5.32 Å². The average molecular weight is 490 g/mol. The fourth-order valence-corrected chi connectivity index (χ4v) is 4.46. The Balaban J connectivity index is 1.63. The highest BCUT2D eigenvalue weighted by atomic mass is 35.5. The van der Waals surface area contributed by atoms with Crippen molar-refractivity contribution in [2.45, 2.75) is 57.7 Å². The molecule has 0 bridgehead atoms. The van der Waals surface area contributed by atoms with Crippen molar-refractivity contribution in [3.8, 4) is 0 Å². The first-order valence-electron chi connectivity index (χ1n) is 10.4. The second kappa shape index (κ2) is 8.58. The number of carbonyl (C=O) groups is 1. The predicted octanol–water partition coefficient (Wildman–Crippen LogP) is 5.34. The molecule has 3 aromatic heterocycles. The molecule has 0 unspecified atom stereocenters. The number of hydrogen-bond acceptors (Lipinski definition) is 3. The van der Waals surface area contributed by atoms with Gasteiger partial charge in [0.2, 0.25) is 5.92 Å². The Kier molecular flexibility index (Phi) is 6.10. The van der Waals surface area contributed by atoms with Gasteiger partial charge in [0, 0.05) is 18.4 Å². The van der Waals surface area contributed by atoms with Crippen LogP contribution in [0.25, 0.3) is 5.65 Å². The summed E-state index contributed by atoms with van der Waals surface area (Å²) in [6.45, 7) is 1.92. The molecule has 0 saturated heterocycles. The molecular formula is C21H21ClF5N5O. The molecule has 0 aromatic carbocycles. The van der Waals surface area contributed by atoms with Crippen LogP contribution in [0.3, 0.4) is 0 Å². The van der Waals surface area contributed by atoms with E-state index in [1.165, 1.54) is 12.1 Å². The molecule has 178 valence electrons. The zero-order valence-electron chi connectivity index (χ0n) is 17.6. The first-order chi connectivity index (χ1) is 15.4. The summed E-state index contributed by atoms with van der Waals surface area (Å²) in [7, 11) is 0. The third kappa shape index (κ3) is 5.13. The maximum atomic E-state index is 13.7. The van der Waals surface area contributed by atoms with Gasteiger partial charge in [-0.05, 0) is 50.3 Å². The van der Waals surface area contributed by atoms with Crippen molar-refractivity contribution >= 4 is 23.2 Å². The van der Waals surface area contributed by atoms with E-state index in [4.69, 9.17) is 11.6 Å². The zero-order valence-corrected chi connectivity index (χ0v) is 18.3. The van der Waals surface area contributed by atoms with Gasteiger partial charge >= 0.3 is 6.18 Å². The number of H-pyrrole nitrogens is 1. The molecule has 4 rings (SSSR count). The average Bonchev–Trinajstić information content (AvgIpc) is 3.31. The standard InChI is InChI=1S/C21H21ClF5N5O/c1-11-6-14(31-30-11)10-28-19(33)13-8-16(22)32-15(7-12-2-4-20(23,24)5-3-12)18(21(25,26)27)29-17(32)9-13/h6,8-9,12H,2-5,7,10H2,1H3,(H,28,33)(H,30,31). The molecule has 1 saturated carbocycles. The Morgan fingerprint density at radius 1 is 1.27 bits per heavy atom. The predicted molar refractivity (Wildman–Crippen MR) is 110 cm³/mol. The number of aryl methyl sites for hydroxylation is 1. The number of alkyl halides is 5. The summed E-state index contributed by atoms with van der Waals surface area (Å²) in [6, 6.07) is 4.24. The van der Waals surface area contributed by atoms with Crippen LogP contribution in [0.1, 0.15) is 58.8 Å². The van der Waals surface area contributed by atoms with Crippen molar-refractivity contribution in [3.63, 3.8) is 0 Å². The minimum atomic E-state index is -4.76. The molecule has 1 aliphatic carbocycles. The quantitative estimate of drug-likeness (QED) is 0.375. The Bertz CT molecular complexity index is 1180. The van der Waals surface area contributed by atoms with Gasteiger partial charge in [0.05, 0.1) is 23.6 Å². The van der Waals surface area contributed by atoms with Crippen molar-refractivity contribution in [1.29, 1.82) is 0 Å². The molecule has 6 nitrogen and oxygen atoms in total. The van der Waals surface area contributed by atoms with E-state index in [-0.39, 0.29) is 66.6 Å². The number of rotatable bonds is 5. The molecule has 1 amide bonds. The molecule has 1 aliphatic rings. The van der Waals surface area contributed by atoms with Gasteiger partial charge in [-0.1, -0.05) is 11.6 Å². The summed E-state index contributed by atoms with van der Waals surface area (Å²) in [6.07, 6.45) is -5.33. The molecule has 0 aliphatic heterocycles. The molecule has 2 N–H and O–H groups in total. The van der Waals surface area contributed by atoms with Gasteiger partial charge in [-0.15, -0.1) is 0 Å². The maximum Gasteiger partial charge on any atom is 0.435 e. The molecule has 0 radical (unpaired) electrons. The first-order valence-corrected chi connectivity index (χ1v) is 10.8. The highest BCUT2D eigenvalue weighted by molar-refractivity contribution is 6.30.